The summed E-state index contributed by atoms with van der Waals surface area (Å²) in [6.07, 6.45) is -17.2. The maximum absolute atomic E-state index is 13.6. The molecule has 0 fully saturated rings. The molecule has 3 rings (SSSR count). The summed E-state index contributed by atoms with van der Waals surface area (Å²) in [6.45, 7) is 2.18. The largest absolute Gasteiger partial charge is 0.453 e. The molecule has 6 nitrogen and oxygen atoms in total. The molecule has 0 saturated heterocycles. The topological polar surface area (TPSA) is 59.1 Å². The normalized spacial score (nSPS) is 17.6. The van der Waals surface area contributed by atoms with E-state index in [2.05, 4.69) is 0 Å². The number of amides is 2. The Hall–Kier alpha value is -3.65. The third-order valence-corrected chi connectivity index (χ3v) is 6.56. The molecule has 0 saturated carbocycles. The fraction of sp³-hybridized carbons (Fsp3) is 0.462. The molecule has 0 spiro atoms. The summed E-state index contributed by atoms with van der Waals surface area (Å²) < 4.78 is 131. The maximum atomic E-state index is 13.6. The van der Waals surface area contributed by atoms with Crippen molar-refractivity contribution in [2.75, 3.05) is 18.6 Å². The monoisotopic (exact) mass is 600 g/mol. The van der Waals surface area contributed by atoms with Crippen LogP contribution in [0.4, 0.5) is 54.8 Å². The van der Waals surface area contributed by atoms with Crippen LogP contribution in [0.25, 0.3) is 0 Å². The summed E-state index contributed by atoms with van der Waals surface area (Å²) in [5.74, 6) is 0. The Morgan fingerprint density at radius 3 is 1.90 bits per heavy atom. The Morgan fingerprint density at radius 1 is 0.878 bits per heavy atom. The number of rotatable bonds is 5. The minimum absolute atomic E-state index is 0.0100. The van der Waals surface area contributed by atoms with Crippen LogP contribution in [0.15, 0.2) is 36.4 Å². The van der Waals surface area contributed by atoms with Crippen LogP contribution in [0.5, 0.6) is 0 Å². The highest BCUT2D eigenvalue weighted by atomic mass is 19.4. The van der Waals surface area contributed by atoms with E-state index in [1.54, 1.807) is 6.92 Å². The fourth-order valence-electron chi connectivity index (χ4n) is 4.71. The van der Waals surface area contributed by atoms with Crippen molar-refractivity contribution in [3.05, 3.63) is 64.2 Å². The van der Waals surface area contributed by atoms with Crippen molar-refractivity contribution in [3.63, 3.8) is 0 Å². The Bertz CT molecular complexity index is 1240. The molecule has 2 aromatic carbocycles. The van der Waals surface area contributed by atoms with Gasteiger partial charge in [-0.25, -0.2) is 9.59 Å². The molecular weight excluding hydrogens is 575 g/mol. The Morgan fingerprint density at radius 2 is 1.44 bits per heavy atom. The van der Waals surface area contributed by atoms with E-state index in [1.807, 2.05) is 0 Å². The summed E-state index contributed by atoms with van der Waals surface area (Å²) in [6, 6.07) is 1.17. The molecule has 1 aliphatic rings. The van der Waals surface area contributed by atoms with Gasteiger partial charge in [0.1, 0.15) is 0 Å². The van der Waals surface area contributed by atoms with Gasteiger partial charge in [0, 0.05) is 12.6 Å². The second-order valence-electron chi connectivity index (χ2n) is 9.17. The van der Waals surface area contributed by atoms with E-state index in [9.17, 15) is 49.1 Å². The van der Waals surface area contributed by atoms with Crippen molar-refractivity contribution in [1.82, 2.24) is 4.90 Å². The SMILES string of the molecule is CCOC(=O)N1c2cc(C(F)(F)F)ccc2[C@@H](N(Cc2cc(C(F)(F)F)cc(C(F)(F)F)c2)C(=O)OC)C[C@H]1CC. The van der Waals surface area contributed by atoms with E-state index in [0.29, 0.717) is 24.3 Å². The predicted molar refractivity (Wildman–Crippen MR) is 127 cm³/mol. The lowest BCUT2D eigenvalue weighted by Crippen LogP contribution is -2.48. The minimum atomic E-state index is -5.15. The van der Waals surface area contributed by atoms with Crippen molar-refractivity contribution in [3.8, 4) is 0 Å². The lowest BCUT2D eigenvalue weighted by atomic mass is 9.87. The fourth-order valence-corrected chi connectivity index (χ4v) is 4.71. The van der Waals surface area contributed by atoms with E-state index >= 15 is 0 Å². The number of alkyl halides is 9. The molecule has 1 heterocycles. The van der Waals surface area contributed by atoms with Gasteiger partial charge in [-0.3, -0.25) is 9.80 Å². The van der Waals surface area contributed by atoms with Crippen LogP contribution in [-0.2, 0) is 34.5 Å². The average Bonchev–Trinajstić information content (AvgIpc) is 2.88. The molecule has 2 amide bonds. The first-order valence-electron chi connectivity index (χ1n) is 12.2. The molecule has 0 bridgehead atoms. The molecule has 0 N–H and O–H groups in total. The van der Waals surface area contributed by atoms with Gasteiger partial charge in [0.05, 0.1) is 42.1 Å². The maximum Gasteiger partial charge on any atom is 0.416 e. The smallest absolute Gasteiger partial charge is 0.416 e. The highest BCUT2D eigenvalue weighted by Crippen LogP contribution is 2.45. The lowest BCUT2D eigenvalue weighted by Gasteiger charge is -2.43. The molecule has 226 valence electrons. The molecular formula is C26H25F9N2O4. The van der Waals surface area contributed by atoms with E-state index in [0.717, 1.165) is 23.0 Å². The first kappa shape index (κ1) is 31.9. The van der Waals surface area contributed by atoms with Crippen molar-refractivity contribution < 1.29 is 58.6 Å². The summed E-state index contributed by atoms with van der Waals surface area (Å²) in [4.78, 5) is 27.6. The van der Waals surface area contributed by atoms with Gasteiger partial charge in [-0.2, -0.15) is 39.5 Å². The van der Waals surface area contributed by atoms with Crippen LogP contribution in [0.3, 0.4) is 0 Å². The molecule has 2 aromatic rings. The first-order chi connectivity index (χ1) is 18.9. The Kier molecular flexibility index (Phi) is 9.08. The molecule has 41 heavy (non-hydrogen) atoms. The standard InChI is InChI=1S/C26H25F9N2O4/c1-4-18-12-20(19-7-6-15(24(27,28)29)11-21(19)37(18)23(39)41-5-2)36(22(38)40-3)13-14-8-16(25(30,31)32)10-17(9-14)26(33,34)35/h6-11,18,20H,4-5,12-13H2,1-3H3/t18-,20+/m1/s1. The van der Waals surface area contributed by atoms with Gasteiger partial charge >= 0.3 is 30.7 Å². The Balaban J connectivity index is 2.21. The van der Waals surface area contributed by atoms with E-state index in [4.69, 9.17) is 9.47 Å². The van der Waals surface area contributed by atoms with Crippen LogP contribution >= 0.6 is 0 Å². The highest BCUT2D eigenvalue weighted by molar-refractivity contribution is 5.90. The second kappa shape index (κ2) is 11.7. The molecule has 0 aromatic heterocycles. The van der Waals surface area contributed by atoms with E-state index < -0.39 is 71.6 Å². The first-order valence-corrected chi connectivity index (χ1v) is 12.2. The third kappa shape index (κ3) is 6.99. The van der Waals surface area contributed by atoms with Crippen LogP contribution in [0, 0.1) is 0 Å². The zero-order valence-corrected chi connectivity index (χ0v) is 21.9. The molecule has 1 aliphatic heterocycles. The van der Waals surface area contributed by atoms with Crippen LogP contribution < -0.4 is 4.90 Å². The summed E-state index contributed by atoms with van der Waals surface area (Å²) in [5, 5.41) is 0. The van der Waals surface area contributed by atoms with Crippen molar-refractivity contribution in [1.29, 1.82) is 0 Å². The van der Waals surface area contributed by atoms with E-state index in [1.165, 1.54) is 6.92 Å². The Labute approximate surface area is 228 Å². The zero-order valence-electron chi connectivity index (χ0n) is 21.9. The van der Waals surface area contributed by atoms with Crippen LogP contribution in [0.2, 0.25) is 0 Å². The van der Waals surface area contributed by atoms with Crippen molar-refractivity contribution >= 4 is 17.9 Å². The number of hydrogen-bond acceptors (Lipinski definition) is 4. The van der Waals surface area contributed by atoms with Gasteiger partial charge in [-0.1, -0.05) is 13.0 Å². The average molecular weight is 600 g/mol. The number of hydrogen-bond donors (Lipinski definition) is 0. The van der Waals surface area contributed by atoms with Gasteiger partial charge < -0.3 is 9.47 Å². The molecule has 0 radical (unpaired) electrons. The van der Waals surface area contributed by atoms with Gasteiger partial charge in [0.15, 0.2) is 0 Å². The molecule has 15 heteroatoms. The number of halogens is 9. The summed E-state index contributed by atoms with van der Waals surface area (Å²) >= 11 is 0. The molecule has 0 unspecified atom stereocenters. The minimum Gasteiger partial charge on any atom is -0.453 e. The molecule has 2 atom stereocenters. The van der Waals surface area contributed by atoms with Gasteiger partial charge in [-0.15, -0.1) is 0 Å². The lowest BCUT2D eigenvalue weighted by molar-refractivity contribution is -0.143. The number of benzene rings is 2. The number of carbonyl (C=O) groups excluding carboxylic acids is 2. The number of ether oxygens (including phenoxy) is 2. The second-order valence-corrected chi connectivity index (χ2v) is 9.17. The van der Waals surface area contributed by atoms with Crippen molar-refractivity contribution in [2.45, 2.75) is 63.8 Å². The van der Waals surface area contributed by atoms with Gasteiger partial charge in [0.2, 0.25) is 0 Å². The molecule has 0 aliphatic carbocycles. The number of fused-ring (bicyclic) bond motifs is 1. The predicted octanol–water partition coefficient (Wildman–Crippen LogP) is 8.20. The summed E-state index contributed by atoms with van der Waals surface area (Å²) in [7, 11) is 0.932. The van der Waals surface area contributed by atoms with Gasteiger partial charge in [-0.05, 0) is 61.2 Å². The number of methoxy groups -OCH3 is 1. The third-order valence-electron chi connectivity index (χ3n) is 6.56. The number of nitrogens with zero attached hydrogens (tertiary/aromatic N) is 2. The number of carbonyl (C=O) groups is 2. The zero-order chi connectivity index (χ0) is 30.9. The summed E-state index contributed by atoms with van der Waals surface area (Å²) in [5.41, 5.74) is -5.17. The van der Waals surface area contributed by atoms with Gasteiger partial charge in [0.25, 0.3) is 0 Å². The van der Waals surface area contributed by atoms with Crippen LogP contribution in [0.1, 0.15) is 60.5 Å². The quantitative estimate of drug-likeness (QED) is 0.325. The van der Waals surface area contributed by atoms with E-state index in [-0.39, 0.29) is 36.8 Å². The van der Waals surface area contributed by atoms with Crippen LogP contribution in [-0.4, -0.2) is 36.8 Å². The number of anilines is 1. The highest BCUT2D eigenvalue weighted by Gasteiger charge is 2.43. The van der Waals surface area contributed by atoms with Crippen molar-refractivity contribution in [2.24, 2.45) is 0 Å².